The maximum absolute atomic E-state index is 11.7. The van der Waals surface area contributed by atoms with Gasteiger partial charge in [-0.15, -0.1) is 0 Å². The van der Waals surface area contributed by atoms with Crippen LogP contribution in [0, 0.1) is 0 Å². The first-order valence-electron chi connectivity index (χ1n) is 4.92. The van der Waals surface area contributed by atoms with Crippen molar-refractivity contribution in [3.05, 3.63) is 24.3 Å². The van der Waals surface area contributed by atoms with Crippen molar-refractivity contribution >= 4 is 17.5 Å². The lowest BCUT2D eigenvalue weighted by Crippen LogP contribution is -2.51. The second-order valence-corrected chi connectivity index (χ2v) is 3.43. The number of rotatable bonds is 2. The summed E-state index contributed by atoms with van der Waals surface area (Å²) in [6.07, 6.45) is 0. The average Bonchev–Trinajstić information content (AvgIpc) is 2.32. The van der Waals surface area contributed by atoms with Crippen molar-refractivity contribution < 1.29 is 14.3 Å². The molecule has 1 aromatic rings. The number of ether oxygens (including phenoxy) is 1. The molecule has 0 bridgehead atoms. The van der Waals surface area contributed by atoms with Crippen molar-refractivity contribution in [1.82, 2.24) is 5.32 Å². The Balaban J connectivity index is 2.34. The summed E-state index contributed by atoms with van der Waals surface area (Å²) in [5.41, 5.74) is 0.629. The molecule has 16 heavy (non-hydrogen) atoms. The van der Waals surface area contributed by atoms with E-state index in [0.29, 0.717) is 11.4 Å². The average molecular weight is 220 g/mol. The molecule has 2 rings (SSSR count). The third kappa shape index (κ3) is 1.84. The summed E-state index contributed by atoms with van der Waals surface area (Å²) in [7, 11) is 1.54. The van der Waals surface area contributed by atoms with E-state index in [1.165, 1.54) is 12.0 Å². The maximum atomic E-state index is 11.7. The van der Waals surface area contributed by atoms with Crippen LogP contribution in [0.4, 0.5) is 5.69 Å². The van der Waals surface area contributed by atoms with Crippen LogP contribution >= 0.6 is 0 Å². The van der Waals surface area contributed by atoms with E-state index in [4.69, 9.17) is 4.74 Å². The molecule has 1 saturated heterocycles. The van der Waals surface area contributed by atoms with Crippen molar-refractivity contribution in [3.8, 4) is 5.75 Å². The fourth-order valence-electron chi connectivity index (χ4n) is 1.63. The molecule has 0 unspecified atom stereocenters. The van der Waals surface area contributed by atoms with E-state index >= 15 is 0 Å². The number of methoxy groups -OCH3 is 1. The summed E-state index contributed by atoms with van der Waals surface area (Å²) in [5, 5.41) is 2.50. The summed E-state index contributed by atoms with van der Waals surface area (Å²) in [6, 6.07) is 7.14. The summed E-state index contributed by atoms with van der Waals surface area (Å²) in [6.45, 7) is 0.0795. The lowest BCUT2D eigenvalue weighted by Gasteiger charge is -2.27. The van der Waals surface area contributed by atoms with Gasteiger partial charge in [-0.25, -0.2) is 0 Å². The fourth-order valence-corrected chi connectivity index (χ4v) is 1.63. The number of piperazine rings is 1. The molecular weight excluding hydrogens is 208 g/mol. The number of hydrogen-bond donors (Lipinski definition) is 1. The van der Waals surface area contributed by atoms with Crippen LogP contribution in [0.3, 0.4) is 0 Å². The van der Waals surface area contributed by atoms with Gasteiger partial charge in [0.25, 0.3) is 0 Å². The molecule has 0 spiro atoms. The van der Waals surface area contributed by atoms with Gasteiger partial charge in [0.15, 0.2) is 0 Å². The first kappa shape index (κ1) is 10.5. The van der Waals surface area contributed by atoms with Gasteiger partial charge in [0.05, 0.1) is 19.3 Å². The first-order chi connectivity index (χ1) is 7.72. The van der Waals surface area contributed by atoms with Gasteiger partial charge < -0.3 is 10.1 Å². The Morgan fingerprint density at radius 2 is 2.06 bits per heavy atom. The van der Waals surface area contributed by atoms with Crippen molar-refractivity contribution in [2.75, 3.05) is 25.1 Å². The first-order valence-corrected chi connectivity index (χ1v) is 4.92. The van der Waals surface area contributed by atoms with Crippen LogP contribution < -0.4 is 15.0 Å². The summed E-state index contributed by atoms with van der Waals surface area (Å²) < 4.78 is 5.16. The molecule has 2 amide bonds. The monoisotopic (exact) mass is 220 g/mol. The third-order valence-electron chi connectivity index (χ3n) is 2.42. The van der Waals surface area contributed by atoms with Gasteiger partial charge in [-0.3, -0.25) is 14.5 Å². The van der Waals surface area contributed by atoms with E-state index in [0.717, 1.165) is 0 Å². The molecule has 1 aliphatic heterocycles. The Labute approximate surface area is 93.0 Å². The van der Waals surface area contributed by atoms with Gasteiger partial charge >= 0.3 is 0 Å². The van der Waals surface area contributed by atoms with Crippen LogP contribution in [-0.4, -0.2) is 32.0 Å². The Kier molecular flexibility index (Phi) is 2.76. The van der Waals surface area contributed by atoms with E-state index in [1.807, 2.05) is 6.07 Å². The van der Waals surface area contributed by atoms with E-state index in [2.05, 4.69) is 5.32 Å². The van der Waals surface area contributed by atoms with Gasteiger partial charge in [-0.05, 0) is 12.1 Å². The predicted molar refractivity (Wildman–Crippen MR) is 58.4 cm³/mol. The van der Waals surface area contributed by atoms with E-state index < -0.39 is 0 Å². The molecule has 5 nitrogen and oxygen atoms in total. The molecule has 1 N–H and O–H groups in total. The molecule has 1 aliphatic rings. The number of para-hydroxylation sites is 2. The largest absolute Gasteiger partial charge is 0.495 e. The highest BCUT2D eigenvalue weighted by atomic mass is 16.5. The Hall–Kier alpha value is -2.04. The molecular formula is C11H12N2O3. The predicted octanol–water partition coefficient (Wildman–Crippen LogP) is 0.158. The molecule has 0 aromatic heterocycles. The van der Waals surface area contributed by atoms with Gasteiger partial charge in [0.2, 0.25) is 11.8 Å². The lowest BCUT2D eigenvalue weighted by atomic mass is 10.2. The highest BCUT2D eigenvalue weighted by molar-refractivity contribution is 6.05. The Morgan fingerprint density at radius 1 is 1.31 bits per heavy atom. The highest BCUT2D eigenvalue weighted by Crippen LogP contribution is 2.27. The second-order valence-electron chi connectivity index (χ2n) is 3.43. The summed E-state index contributed by atoms with van der Waals surface area (Å²) >= 11 is 0. The van der Waals surface area contributed by atoms with Crippen molar-refractivity contribution in [3.63, 3.8) is 0 Å². The van der Waals surface area contributed by atoms with Gasteiger partial charge in [-0.1, -0.05) is 12.1 Å². The molecule has 0 saturated carbocycles. The summed E-state index contributed by atoms with van der Waals surface area (Å²) in [5.74, 6) is 0.292. The van der Waals surface area contributed by atoms with E-state index in [1.54, 1.807) is 18.2 Å². The van der Waals surface area contributed by atoms with Crippen LogP contribution in [0.2, 0.25) is 0 Å². The minimum absolute atomic E-state index is 0.0386. The number of nitrogens with zero attached hydrogens (tertiary/aromatic N) is 1. The van der Waals surface area contributed by atoms with Crippen LogP contribution in [0.15, 0.2) is 24.3 Å². The number of hydrogen-bond acceptors (Lipinski definition) is 3. The minimum Gasteiger partial charge on any atom is -0.495 e. The van der Waals surface area contributed by atoms with E-state index in [-0.39, 0.29) is 24.9 Å². The fraction of sp³-hybridized carbons (Fsp3) is 0.273. The topological polar surface area (TPSA) is 58.6 Å². The standard InChI is InChI=1S/C11H12N2O3/c1-16-9-5-3-2-4-8(9)13-7-10(14)12-6-11(13)15/h2-5H,6-7H2,1H3,(H,12,14). The second kappa shape index (κ2) is 4.22. The molecule has 1 heterocycles. The maximum Gasteiger partial charge on any atom is 0.246 e. The Morgan fingerprint density at radius 3 is 2.81 bits per heavy atom. The number of carbonyl (C=O) groups excluding carboxylic acids is 2. The van der Waals surface area contributed by atoms with E-state index in [9.17, 15) is 9.59 Å². The van der Waals surface area contributed by atoms with Crippen LogP contribution in [0.1, 0.15) is 0 Å². The molecule has 0 aliphatic carbocycles. The molecule has 0 radical (unpaired) electrons. The highest BCUT2D eigenvalue weighted by Gasteiger charge is 2.26. The van der Waals surface area contributed by atoms with Crippen LogP contribution in [0.5, 0.6) is 5.75 Å². The molecule has 84 valence electrons. The van der Waals surface area contributed by atoms with Crippen molar-refractivity contribution in [2.24, 2.45) is 0 Å². The smallest absolute Gasteiger partial charge is 0.246 e. The van der Waals surface area contributed by atoms with Crippen molar-refractivity contribution in [2.45, 2.75) is 0 Å². The molecule has 1 aromatic carbocycles. The number of amides is 2. The van der Waals surface area contributed by atoms with Crippen LogP contribution in [0.25, 0.3) is 0 Å². The normalized spacial score (nSPS) is 15.9. The zero-order valence-electron chi connectivity index (χ0n) is 8.90. The minimum atomic E-state index is -0.162. The third-order valence-corrected chi connectivity index (χ3v) is 2.42. The lowest BCUT2D eigenvalue weighted by molar-refractivity contribution is -0.128. The Bertz CT molecular complexity index is 431. The van der Waals surface area contributed by atoms with Gasteiger partial charge in [-0.2, -0.15) is 0 Å². The number of anilines is 1. The quantitative estimate of drug-likeness (QED) is 0.772. The number of carbonyl (C=O) groups is 2. The SMILES string of the molecule is COc1ccccc1N1CC(=O)NCC1=O. The molecule has 1 fully saturated rings. The zero-order chi connectivity index (χ0) is 11.5. The summed E-state index contributed by atoms with van der Waals surface area (Å²) in [4.78, 5) is 24.3. The molecule has 5 heteroatoms. The zero-order valence-corrected chi connectivity index (χ0v) is 8.90. The van der Waals surface area contributed by atoms with Crippen LogP contribution in [-0.2, 0) is 9.59 Å². The number of benzene rings is 1. The van der Waals surface area contributed by atoms with Crippen molar-refractivity contribution in [1.29, 1.82) is 0 Å². The van der Waals surface area contributed by atoms with Gasteiger partial charge in [0, 0.05) is 0 Å². The number of nitrogens with one attached hydrogen (secondary N) is 1. The molecule has 0 atom stereocenters. The van der Waals surface area contributed by atoms with Gasteiger partial charge in [0.1, 0.15) is 12.3 Å².